The minimum absolute atomic E-state index is 0. The third-order valence-corrected chi connectivity index (χ3v) is 3.14. The molecule has 0 fully saturated rings. The van der Waals surface area contributed by atoms with E-state index in [4.69, 9.17) is 10.5 Å². The second-order valence-corrected chi connectivity index (χ2v) is 4.48. The molecule has 1 aromatic heterocycles. The summed E-state index contributed by atoms with van der Waals surface area (Å²) in [4.78, 5) is 22.5. The molecular formula is C14H15ClN4O2. The Morgan fingerprint density at radius 3 is 2.81 bits per heavy atom. The van der Waals surface area contributed by atoms with Gasteiger partial charge in [0.1, 0.15) is 5.75 Å². The number of ether oxygens (including phenoxy) is 1. The lowest BCUT2D eigenvalue weighted by atomic mass is 10.1. The fourth-order valence-corrected chi connectivity index (χ4v) is 2.21. The van der Waals surface area contributed by atoms with Gasteiger partial charge in [0.2, 0.25) is 0 Å². The number of hydrogen-bond donors (Lipinski definition) is 1. The quantitative estimate of drug-likeness (QED) is 0.916. The number of carbonyl (C=O) groups excluding carboxylic acids is 1. The first-order valence-electron chi connectivity index (χ1n) is 6.33. The maximum atomic E-state index is 12.7. The zero-order valence-corrected chi connectivity index (χ0v) is 12.3. The van der Waals surface area contributed by atoms with E-state index in [-0.39, 0.29) is 18.3 Å². The molecule has 2 aromatic rings. The number of nitrogens with zero attached hydrogens (tertiary/aromatic N) is 3. The Morgan fingerprint density at radius 2 is 2.05 bits per heavy atom. The molecule has 0 saturated heterocycles. The van der Waals surface area contributed by atoms with Crippen molar-refractivity contribution in [2.24, 2.45) is 5.73 Å². The van der Waals surface area contributed by atoms with Crippen LogP contribution in [0.15, 0.2) is 30.6 Å². The molecule has 0 unspecified atom stereocenters. The Labute approximate surface area is 128 Å². The number of hydrogen-bond acceptors (Lipinski definition) is 5. The van der Waals surface area contributed by atoms with Crippen molar-refractivity contribution in [3.05, 3.63) is 41.7 Å². The first kappa shape index (κ1) is 15.2. The molecule has 2 heterocycles. The third-order valence-electron chi connectivity index (χ3n) is 3.14. The van der Waals surface area contributed by atoms with Gasteiger partial charge in [-0.15, -0.1) is 12.4 Å². The van der Waals surface area contributed by atoms with Crippen LogP contribution in [0.1, 0.15) is 15.9 Å². The highest BCUT2D eigenvalue weighted by Gasteiger charge is 2.30. The van der Waals surface area contributed by atoms with Crippen LogP contribution in [0.5, 0.6) is 11.6 Å². The van der Waals surface area contributed by atoms with Gasteiger partial charge in [0, 0.05) is 25.5 Å². The second kappa shape index (κ2) is 6.07. The number of para-hydroxylation sites is 1. The number of nitrogens with two attached hydrogens (primary N) is 1. The van der Waals surface area contributed by atoms with E-state index in [1.807, 2.05) is 19.1 Å². The van der Waals surface area contributed by atoms with Crippen LogP contribution in [0.2, 0.25) is 0 Å². The van der Waals surface area contributed by atoms with Crippen molar-refractivity contribution in [2.45, 2.75) is 6.92 Å². The van der Waals surface area contributed by atoms with E-state index in [0.717, 1.165) is 5.56 Å². The molecule has 0 aliphatic carbocycles. The summed E-state index contributed by atoms with van der Waals surface area (Å²) in [5.74, 6) is 1.08. The molecule has 0 bridgehead atoms. The lowest BCUT2D eigenvalue weighted by Crippen LogP contribution is -2.35. The van der Waals surface area contributed by atoms with Crippen LogP contribution in [0.25, 0.3) is 0 Å². The van der Waals surface area contributed by atoms with E-state index in [1.165, 1.54) is 17.3 Å². The number of anilines is 1. The van der Waals surface area contributed by atoms with Crippen molar-refractivity contribution in [1.82, 2.24) is 9.97 Å². The van der Waals surface area contributed by atoms with Crippen LogP contribution in [0.3, 0.4) is 0 Å². The maximum Gasteiger partial charge on any atom is 0.263 e. The third kappa shape index (κ3) is 2.55. The van der Waals surface area contributed by atoms with Crippen LogP contribution in [0.4, 0.5) is 5.82 Å². The summed E-state index contributed by atoms with van der Waals surface area (Å²) in [7, 11) is 0. The molecule has 3 rings (SSSR count). The molecule has 0 radical (unpaired) electrons. The van der Waals surface area contributed by atoms with E-state index in [9.17, 15) is 4.79 Å². The summed E-state index contributed by atoms with van der Waals surface area (Å²) in [6, 6.07) is 5.45. The Morgan fingerprint density at radius 1 is 1.29 bits per heavy atom. The van der Waals surface area contributed by atoms with Gasteiger partial charge < -0.3 is 10.5 Å². The van der Waals surface area contributed by atoms with Crippen molar-refractivity contribution in [2.75, 3.05) is 18.0 Å². The highest BCUT2D eigenvalue weighted by molar-refractivity contribution is 6.09. The monoisotopic (exact) mass is 306 g/mol. The Hall–Kier alpha value is -2.18. The van der Waals surface area contributed by atoms with Crippen LogP contribution < -0.4 is 15.4 Å². The van der Waals surface area contributed by atoms with Gasteiger partial charge >= 0.3 is 0 Å². The van der Waals surface area contributed by atoms with E-state index < -0.39 is 0 Å². The molecule has 6 nitrogen and oxygen atoms in total. The van der Waals surface area contributed by atoms with Crippen molar-refractivity contribution in [1.29, 1.82) is 0 Å². The molecular weight excluding hydrogens is 292 g/mol. The fraction of sp³-hybridized carbons (Fsp3) is 0.214. The van der Waals surface area contributed by atoms with E-state index in [0.29, 0.717) is 36.1 Å². The summed E-state index contributed by atoms with van der Waals surface area (Å²) < 4.78 is 5.80. The lowest BCUT2D eigenvalue weighted by Gasteiger charge is -2.19. The minimum Gasteiger partial charge on any atom is -0.435 e. The number of benzene rings is 1. The average molecular weight is 307 g/mol. The van der Waals surface area contributed by atoms with Gasteiger partial charge in [-0.2, -0.15) is 0 Å². The molecule has 1 aromatic carbocycles. The number of fused-ring (bicyclic) bond motifs is 2. The zero-order chi connectivity index (χ0) is 14.1. The smallest absolute Gasteiger partial charge is 0.263 e. The number of amides is 1. The van der Waals surface area contributed by atoms with Crippen LogP contribution in [0, 0.1) is 6.92 Å². The molecule has 1 amide bonds. The fourth-order valence-electron chi connectivity index (χ4n) is 2.21. The largest absolute Gasteiger partial charge is 0.435 e. The number of aromatic nitrogens is 2. The summed E-state index contributed by atoms with van der Waals surface area (Å²) in [6.45, 7) is 2.59. The summed E-state index contributed by atoms with van der Waals surface area (Å²) in [5.41, 5.74) is 6.97. The Kier molecular flexibility index (Phi) is 4.40. The number of aryl methyl sites for hydroxylation is 1. The van der Waals surface area contributed by atoms with Gasteiger partial charge in [-0.25, -0.2) is 9.97 Å². The van der Waals surface area contributed by atoms with Gasteiger partial charge in [0.15, 0.2) is 5.82 Å². The van der Waals surface area contributed by atoms with Crippen LogP contribution >= 0.6 is 12.4 Å². The van der Waals surface area contributed by atoms with Gasteiger partial charge in [0.05, 0.1) is 5.56 Å². The van der Waals surface area contributed by atoms with Crippen LogP contribution in [-0.2, 0) is 0 Å². The lowest BCUT2D eigenvalue weighted by molar-refractivity contribution is 0.0987. The topological polar surface area (TPSA) is 81.3 Å². The number of carbonyl (C=O) groups is 1. The molecule has 0 spiro atoms. The highest BCUT2D eigenvalue weighted by Crippen LogP contribution is 2.37. The molecule has 21 heavy (non-hydrogen) atoms. The molecule has 1 aliphatic heterocycles. The highest BCUT2D eigenvalue weighted by atomic mass is 35.5. The number of rotatable bonds is 2. The van der Waals surface area contributed by atoms with Gasteiger partial charge in [-0.1, -0.05) is 12.1 Å². The zero-order valence-electron chi connectivity index (χ0n) is 11.4. The summed E-state index contributed by atoms with van der Waals surface area (Å²) in [5, 5.41) is 0. The molecule has 0 atom stereocenters. The predicted octanol–water partition coefficient (Wildman–Crippen LogP) is 1.92. The molecule has 7 heteroatoms. The first-order chi connectivity index (χ1) is 9.72. The SMILES string of the molecule is Cc1cccc2c1Oc1nccnc1N(CCN)C2=O.Cl. The second-order valence-electron chi connectivity index (χ2n) is 4.48. The van der Waals surface area contributed by atoms with E-state index >= 15 is 0 Å². The van der Waals surface area contributed by atoms with Crippen molar-refractivity contribution in [3.63, 3.8) is 0 Å². The molecule has 2 N–H and O–H groups in total. The first-order valence-corrected chi connectivity index (χ1v) is 6.33. The van der Waals surface area contributed by atoms with Crippen LogP contribution in [-0.4, -0.2) is 29.0 Å². The van der Waals surface area contributed by atoms with Gasteiger partial charge in [-0.3, -0.25) is 9.69 Å². The van der Waals surface area contributed by atoms with E-state index in [2.05, 4.69) is 9.97 Å². The molecule has 0 saturated carbocycles. The Balaban J connectivity index is 0.00000161. The predicted molar refractivity (Wildman–Crippen MR) is 81.3 cm³/mol. The number of halogens is 1. The minimum atomic E-state index is -0.173. The van der Waals surface area contributed by atoms with Gasteiger partial charge in [0.25, 0.3) is 11.8 Å². The molecule has 1 aliphatic rings. The maximum absolute atomic E-state index is 12.7. The standard InChI is InChI=1S/C14H14N4O2.ClH/c1-9-3-2-4-10-11(9)20-13-12(16-6-7-17-13)18(8-5-15)14(10)19;/h2-4,6-7H,5,8,15H2,1H3;1H. The molecule has 110 valence electrons. The summed E-state index contributed by atoms with van der Waals surface area (Å²) in [6.07, 6.45) is 3.06. The summed E-state index contributed by atoms with van der Waals surface area (Å²) >= 11 is 0. The van der Waals surface area contributed by atoms with E-state index in [1.54, 1.807) is 6.07 Å². The normalized spacial score (nSPS) is 12.7. The van der Waals surface area contributed by atoms with Gasteiger partial charge in [-0.05, 0) is 18.6 Å². The van der Waals surface area contributed by atoms with Crippen molar-refractivity contribution >= 4 is 24.1 Å². The average Bonchev–Trinajstić information content (AvgIpc) is 2.58. The van der Waals surface area contributed by atoms with Crippen molar-refractivity contribution in [3.8, 4) is 11.6 Å². The Bertz CT molecular complexity index is 678. The van der Waals surface area contributed by atoms with Crippen molar-refractivity contribution < 1.29 is 9.53 Å².